The average molecular weight is 451 g/mol. The molecule has 1 N–H and O–H groups in total. The van der Waals surface area contributed by atoms with Gasteiger partial charge in [-0.25, -0.2) is 13.4 Å². The van der Waals surface area contributed by atoms with Gasteiger partial charge in [0.05, 0.1) is 16.5 Å². The molecule has 1 atom stereocenters. The Kier molecular flexibility index (Phi) is 6.49. The SMILES string of the molecule is N#Cc1cc(S(=O)(=O)Nc2cccc(F)n2)ccc1CN1CCCC[C@H]1c1ccccc1. The number of aromatic nitrogens is 1. The number of sulfonamides is 1. The van der Waals surface area contributed by atoms with Crippen LogP contribution in [-0.2, 0) is 16.6 Å². The fraction of sp³-hybridized carbons (Fsp3) is 0.250. The number of nitrogens with zero attached hydrogens (tertiary/aromatic N) is 3. The minimum atomic E-state index is -4.01. The van der Waals surface area contributed by atoms with Gasteiger partial charge in [0.15, 0.2) is 0 Å². The number of benzene rings is 2. The summed E-state index contributed by atoms with van der Waals surface area (Å²) in [6.07, 6.45) is 3.28. The fourth-order valence-electron chi connectivity index (χ4n) is 4.08. The predicted octanol–water partition coefficient (Wildman–Crippen LogP) is 4.62. The van der Waals surface area contributed by atoms with E-state index in [1.807, 2.05) is 18.2 Å². The Balaban J connectivity index is 1.57. The Morgan fingerprint density at radius 2 is 1.91 bits per heavy atom. The molecule has 6 nitrogen and oxygen atoms in total. The Labute approximate surface area is 187 Å². The first kappa shape index (κ1) is 21.9. The van der Waals surface area contributed by atoms with Crippen LogP contribution in [0.25, 0.3) is 0 Å². The van der Waals surface area contributed by atoms with E-state index < -0.39 is 16.0 Å². The monoisotopic (exact) mass is 450 g/mol. The van der Waals surface area contributed by atoms with Crippen LogP contribution in [0.4, 0.5) is 10.2 Å². The maximum Gasteiger partial charge on any atom is 0.263 e. The van der Waals surface area contributed by atoms with Crippen molar-refractivity contribution in [3.8, 4) is 6.07 Å². The molecule has 0 unspecified atom stereocenters. The van der Waals surface area contributed by atoms with Gasteiger partial charge >= 0.3 is 0 Å². The van der Waals surface area contributed by atoms with E-state index in [9.17, 15) is 18.1 Å². The summed E-state index contributed by atoms with van der Waals surface area (Å²) in [4.78, 5) is 5.81. The maximum absolute atomic E-state index is 13.3. The zero-order valence-electron chi connectivity index (χ0n) is 17.4. The van der Waals surface area contributed by atoms with Crippen LogP contribution in [0.15, 0.2) is 71.6 Å². The Morgan fingerprint density at radius 3 is 2.66 bits per heavy atom. The van der Waals surface area contributed by atoms with Crippen molar-refractivity contribution in [1.82, 2.24) is 9.88 Å². The van der Waals surface area contributed by atoms with Crippen molar-refractivity contribution in [2.75, 3.05) is 11.3 Å². The molecule has 0 amide bonds. The van der Waals surface area contributed by atoms with Crippen LogP contribution in [0.5, 0.6) is 0 Å². The summed E-state index contributed by atoms with van der Waals surface area (Å²) in [6, 6.07) is 21.1. The van der Waals surface area contributed by atoms with Crippen LogP contribution < -0.4 is 4.72 Å². The lowest BCUT2D eigenvalue weighted by Crippen LogP contribution is -2.33. The summed E-state index contributed by atoms with van der Waals surface area (Å²) in [5.74, 6) is -0.903. The van der Waals surface area contributed by atoms with Gasteiger partial charge in [-0.2, -0.15) is 9.65 Å². The van der Waals surface area contributed by atoms with Crippen LogP contribution in [0.1, 0.15) is 42.0 Å². The topological polar surface area (TPSA) is 86.1 Å². The van der Waals surface area contributed by atoms with Crippen LogP contribution in [-0.4, -0.2) is 24.8 Å². The molecule has 164 valence electrons. The third kappa shape index (κ3) is 4.96. The second-order valence-corrected chi connectivity index (χ2v) is 9.46. The molecule has 32 heavy (non-hydrogen) atoms. The van der Waals surface area contributed by atoms with E-state index in [0.717, 1.165) is 37.4 Å². The number of halogens is 1. The molecule has 3 aromatic rings. The number of hydrogen-bond acceptors (Lipinski definition) is 5. The summed E-state index contributed by atoms with van der Waals surface area (Å²) in [6.45, 7) is 1.47. The van der Waals surface area contributed by atoms with Crippen LogP contribution >= 0.6 is 0 Å². The molecule has 0 bridgehead atoms. The van der Waals surface area contributed by atoms with E-state index in [4.69, 9.17) is 0 Å². The molecule has 1 saturated heterocycles. The molecule has 1 aliphatic heterocycles. The van der Waals surface area contributed by atoms with Crippen molar-refractivity contribution in [2.45, 2.75) is 36.7 Å². The molecule has 0 aliphatic carbocycles. The smallest absolute Gasteiger partial charge is 0.263 e. The van der Waals surface area contributed by atoms with Gasteiger partial charge in [0.2, 0.25) is 5.95 Å². The van der Waals surface area contributed by atoms with Gasteiger partial charge in [-0.05, 0) is 54.8 Å². The van der Waals surface area contributed by atoms with Crippen molar-refractivity contribution < 1.29 is 12.8 Å². The van der Waals surface area contributed by atoms with Gasteiger partial charge in [0, 0.05) is 12.6 Å². The van der Waals surface area contributed by atoms with Crippen molar-refractivity contribution in [3.05, 3.63) is 89.4 Å². The molecule has 1 aliphatic rings. The molecule has 2 heterocycles. The second-order valence-electron chi connectivity index (χ2n) is 7.77. The van der Waals surface area contributed by atoms with E-state index in [1.54, 1.807) is 6.07 Å². The quantitative estimate of drug-likeness (QED) is 0.554. The number of nitriles is 1. The molecule has 4 rings (SSSR count). The summed E-state index contributed by atoms with van der Waals surface area (Å²) in [7, 11) is -4.01. The third-order valence-corrected chi connectivity index (χ3v) is 6.99. The van der Waals surface area contributed by atoms with Crippen LogP contribution in [0, 0.1) is 17.3 Å². The molecule has 8 heteroatoms. The van der Waals surface area contributed by atoms with E-state index in [-0.39, 0.29) is 16.8 Å². The van der Waals surface area contributed by atoms with Crippen molar-refractivity contribution in [1.29, 1.82) is 5.26 Å². The normalized spacial score (nSPS) is 16.9. The highest BCUT2D eigenvalue weighted by molar-refractivity contribution is 7.92. The number of likely N-dealkylation sites (tertiary alicyclic amines) is 1. The van der Waals surface area contributed by atoms with Gasteiger partial charge in [-0.15, -0.1) is 0 Å². The number of pyridine rings is 1. The first-order chi connectivity index (χ1) is 15.5. The number of rotatable bonds is 6. The van der Waals surface area contributed by atoms with Gasteiger partial charge in [0.25, 0.3) is 10.0 Å². The number of piperidine rings is 1. The van der Waals surface area contributed by atoms with E-state index in [2.05, 4.69) is 32.8 Å². The number of anilines is 1. The standard InChI is InChI=1S/C24H23FN4O2S/c25-23-10-6-11-24(27-23)28-32(30,31)21-13-12-19(20(15-21)16-26)17-29-14-5-4-9-22(29)18-7-2-1-3-8-18/h1-3,6-8,10-13,15,22H,4-5,9,14,17H2,(H,27,28)/t22-/m0/s1. The summed E-state index contributed by atoms with van der Waals surface area (Å²) >= 11 is 0. The zero-order valence-corrected chi connectivity index (χ0v) is 18.2. The molecular formula is C24H23FN4O2S. The highest BCUT2D eigenvalue weighted by Crippen LogP contribution is 2.32. The minimum absolute atomic E-state index is 0.0675. The highest BCUT2D eigenvalue weighted by Gasteiger charge is 2.25. The molecule has 2 aromatic carbocycles. The Hall–Kier alpha value is -3.28. The first-order valence-electron chi connectivity index (χ1n) is 10.4. The van der Waals surface area contributed by atoms with E-state index in [0.29, 0.717) is 12.1 Å². The molecule has 1 aromatic heterocycles. The molecule has 1 fully saturated rings. The lowest BCUT2D eigenvalue weighted by Gasteiger charge is -2.36. The summed E-state index contributed by atoms with van der Waals surface area (Å²) in [5.41, 5.74) is 2.33. The summed E-state index contributed by atoms with van der Waals surface area (Å²) < 4.78 is 41.0. The molecule has 0 radical (unpaired) electrons. The Morgan fingerprint density at radius 1 is 1.09 bits per heavy atom. The Bertz CT molecular complexity index is 1240. The van der Waals surface area contributed by atoms with Gasteiger partial charge < -0.3 is 0 Å². The second kappa shape index (κ2) is 9.47. The van der Waals surface area contributed by atoms with E-state index >= 15 is 0 Å². The van der Waals surface area contributed by atoms with Crippen molar-refractivity contribution in [2.24, 2.45) is 0 Å². The number of nitrogens with one attached hydrogen (secondary N) is 1. The molecule has 0 spiro atoms. The highest BCUT2D eigenvalue weighted by atomic mass is 32.2. The number of hydrogen-bond donors (Lipinski definition) is 1. The zero-order chi connectivity index (χ0) is 22.6. The summed E-state index contributed by atoms with van der Waals surface area (Å²) in [5, 5.41) is 9.70. The minimum Gasteiger partial charge on any atom is -0.292 e. The van der Waals surface area contributed by atoms with Crippen molar-refractivity contribution in [3.63, 3.8) is 0 Å². The molecule has 0 saturated carbocycles. The lowest BCUT2D eigenvalue weighted by molar-refractivity contribution is 0.140. The predicted molar refractivity (Wildman–Crippen MR) is 120 cm³/mol. The van der Waals surface area contributed by atoms with Gasteiger partial charge in [-0.3, -0.25) is 9.62 Å². The first-order valence-corrected chi connectivity index (χ1v) is 11.9. The van der Waals surface area contributed by atoms with E-state index in [1.165, 1.54) is 29.8 Å². The van der Waals surface area contributed by atoms with Gasteiger partial charge in [0.1, 0.15) is 5.82 Å². The van der Waals surface area contributed by atoms with Crippen molar-refractivity contribution >= 4 is 15.8 Å². The fourth-order valence-corrected chi connectivity index (χ4v) is 5.11. The maximum atomic E-state index is 13.3. The van der Waals surface area contributed by atoms with Gasteiger partial charge in [-0.1, -0.05) is 48.9 Å². The molecular weight excluding hydrogens is 427 g/mol. The largest absolute Gasteiger partial charge is 0.292 e. The van der Waals surface area contributed by atoms with Crippen LogP contribution in [0.3, 0.4) is 0 Å². The average Bonchev–Trinajstić information content (AvgIpc) is 2.80. The lowest BCUT2D eigenvalue weighted by atomic mass is 9.94. The van der Waals surface area contributed by atoms with Crippen LogP contribution in [0.2, 0.25) is 0 Å². The third-order valence-electron chi connectivity index (χ3n) is 5.64.